The van der Waals surface area contributed by atoms with Gasteiger partial charge in [-0.3, -0.25) is 0 Å². The summed E-state index contributed by atoms with van der Waals surface area (Å²) in [6.07, 6.45) is 0.221. The Kier molecular flexibility index (Phi) is 5.85. The molecule has 1 aromatic rings. The van der Waals surface area contributed by atoms with Crippen LogP contribution in [0, 0.1) is 0 Å². The second-order valence-corrected chi connectivity index (χ2v) is 3.64. The van der Waals surface area contributed by atoms with Gasteiger partial charge >= 0.3 is 0 Å². The molecule has 0 aromatic heterocycles. The van der Waals surface area contributed by atoms with E-state index in [1.165, 1.54) is 5.56 Å². The van der Waals surface area contributed by atoms with Crippen molar-refractivity contribution in [3.05, 3.63) is 29.8 Å². The molecule has 0 aliphatic carbocycles. The molecule has 0 aliphatic heterocycles. The molecule has 1 aromatic carbocycles. The predicted molar refractivity (Wildman–Crippen MR) is 62.7 cm³/mol. The van der Waals surface area contributed by atoms with Crippen LogP contribution in [0.5, 0.6) is 5.75 Å². The molecule has 0 radical (unpaired) electrons. The van der Waals surface area contributed by atoms with E-state index in [1.54, 1.807) is 7.11 Å². The molecule has 0 saturated carbocycles. The number of hydrogen-bond acceptors (Lipinski definition) is 4. The normalized spacial score (nSPS) is 12.4. The molecule has 0 unspecified atom stereocenters. The van der Waals surface area contributed by atoms with Gasteiger partial charge in [0.05, 0.1) is 19.8 Å². The molecule has 0 aliphatic rings. The van der Waals surface area contributed by atoms with Crippen LogP contribution in [0.15, 0.2) is 24.3 Å². The Labute approximate surface area is 95.9 Å². The zero-order chi connectivity index (χ0) is 11.8. The minimum absolute atomic E-state index is 0.199. The minimum Gasteiger partial charge on any atom is -0.497 e. The number of methoxy groups -OCH3 is 1. The Morgan fingerprint density at radius 1 is 1.31 bits per heavy atom. The molecule has 0 fully saturated rings. The number of ether oxygens (including phenoxy) is 1. The number of aliphatic hydroxyl groups is 2. The quantitative estimate of drug-likeness (QED) is 0.579. The van der Waals surface area contributed by atoms with Gasteiger partial charge in [0.25, 0.3) is 0 Å². The number of hydrogen-bond donors (Lipinski definition) is 3. The summed E-state index contributed by atoms with van der Waals surface area (Å²) in [6.45, 7) is 1.01. The van der Waals surface area contributed by atoms with Gasteiger partial charge < -0.3 is 20.3 Å². The lowest BCUT2D eigenvalue weighted by Crippen LogP contribution is -2.30. The van der Waals surface area contributed by atoms with Crippen molar-refractivity contribution in [2.45, 2.75) is 12.5 Å². The standard InChI is InChI=1S/C12H19NO3/c1-16-12-4-2-10(3-5-12)6-7-13-8-11(15)9-14/h2-5,11,13-15H,6-9H2,1H3/t11-/m0/s1. The van der Waals surface area contributed by atoms with E-state index in [1.807, 2.05) is 24.3 Å². The maximum absolute atomic E-state index is 9.09. The van der Waals surface area contributed by atoms with Gasteiger partial charge in [-0.05, 0) is 30.7 Å². The lowest BCUT2D eigenvalue weighted by atomic mass is 10.1. The van der Waals surface area contributed by atoms with E-state index in [2.05, 4.69) is 5.32 Å². The molecular weight excluding hydrogens is 206 g/mol. The minimum atomic E-state index is -0.670. The second-order valence-electron chi connectivity index (χ2n) is 3.64. The van der Waals surface area contributed by atoms with E-state index in [4.69, 9.17) is 14.9 Å². The summed E-state index contributed by atoms with van der Waals surface area (Å²) in [7, 11) is 1.65. The average molecular weight is 225 g/mol. The van der Waals surface area contributed by atoms with Crippen molar-refractivity contribution < 1.29 is 14.9 Å². The van der Waals surface area contributed by atoms with Crippen molar-refractivity contribution >= 4 is 0 Å². The molecule has 1 rings (SSSR count). The summed E-state index contributed by atoms with van der Waals surface area (Å²) >= 11 is 0. The van der Waals surface area contributed by atoms with Crippen LogP contribution < -0.4 is 10.1 Å². The van der Waals surface area contributed by atoms with Gasteiger partial charge in [-0.15, -0.1) is 0 Å². The first-order valence-electron chi connectivity index (χ1n) is 5.39. The molecule has 90 valence electrons. The average Bonchev–Trinajstić information content (AvgIpc) is 2.35. The van der Waals surface area contributed by atoms with E-state index in [-0.39, 0.29) is 6.61 Å². The van der Waals surface area contributed by atoms with E-state index >= 15 is 0 Å². The topological polar surface area (TPSA) is 61.7 Å². The van der Waals surface area contributed by atoms with Gasteiger partial charge in [-0.2, -0.15) is 0 Å². The Morgan fingerprint density at radius 3 is 2.56 bits per heavy atom. The zero-order valence-electron chi connectivity index (χ0n) is 9.52. The summed E-state index contributed by atoms with van der Waals surface area (Å²) in [5, 5.41) is 20.8. The highest BCUT2D eigenvalue weighted by Gasteiger charge is 2.00. The zero-order valence-corrected chi connectivity index (χ0v) is 9.52. The van der Waals surface area contributed by atoms with E-state index in [0.29, 0.717) is 6.54 Å². The molecule has 3 N–H and O–H groups in total. The monoisotopic (exact) mass is 225 g/mol. The number of aliphatic hydroxyl groups excluding tert-OH is 2. The highest BCUT2D eigenvalue weighted by atomic mass is 16.5. The summed E-state index contributed by atoms with van der Waals surface area (Å²) in [6, 6.07) is 7.89. The van der Waals surface area contributed by atoms with Crippen molar-refractivity contribution in [2.75, 3.05) is 26.8 Å². The first-order valence-corrected chi connectivity index (χ1v) is 5.39. The van der Waals surface area contributed by atoms with Crippen LogP contribution in [0.1, 0.15) is 5.56 Å². The fraction of sp³-hybridized carbons (Fsp3) is 0.500. The maximum atomic E-state index is 9.09. The molecular formula is C12H19NO3. The number of nitrogens with one attached hydrogen (secondary N) is 1. The first kappa shape index (κ1) is 13.0. The van der Waals surface area contributed by atoms with Crippen LogP contribution in [-0.4, -0.2) is 43.1 Å². The van der Waals surface area contributed by atoms with Gasteiger partial charge in [0.1, 0.15) is 5.75 Å². The molecule has 0 amide bonds. The maximum Gasteiger partial charge on any atom is 0.118 e. The highest BCUT2D eigenvalue weighted by Crippen LogP contribution is 2.11. The molecule has 0 heterocycles. The summed E-state index contributed by atoms with van der Waals surface area (Å²) in [4.78, 5) is 0. The molecule has 1 atom stereocenters. The van der Waals surface area contributed by atoms with E-state index in [0.717, 1.165) is 18.7 Å². The second kappa shape index (κ2) is 7.22. The van der Waals surface area contributed by atoms with Crippen LogP contribution in [0.25, 0.3) is 0 Å². The van der Waals surface area contributed by atoms with Crippen LogP contribution >= 0.6 is 0 Å². The third-order valence-corrected chi connectivity index (χ3v) is 2.34. The Morgan fingerprint density at radius 2 is 2.00 bits per heavy atom. The molecule has 0 bridgehead atoms. The summed E-state index contributed by atoms with van der Waals surface area (Å²) in [5.74, 6) is 0.854. The Hall–Kier alpha value is -1.10. The van der Waals surface area contributed by atoms with Gasteiger partial charge in [-0.25, -0.2) is 0 Å². The van der Waals surface area contributed by atoms with Crippen molar-refractivity contribution in [3.8, 4) is 5.75 Å². The van der Waals surface area contributed by atoms with Gasteiger partial charge in [0.2, 0.25) is 0 Å². The van der Waals surface area contributed by atoms with Gasteiger partial charge in [0, 0.05) is 6.54 Å². The van der Waals surface area contributed by atoms with Crippen LogP contribution in [0.4, 0.5) is 0 Å². The lowest BCUT2D eigenvalue weighted by molar-refractivity contribution is 0.0947. The predicted octanol–water partition coefficient (Wildman–Crippen LogP) is 0.181. The van der Waals surface area contributed by atoms with Gasteiger partial charge in [-0.1, -0.05) is 12.1 Å². The van der Waals surface area contributed by atoms with Gasteiger partial charge in [0.15, 0.2) is 0 Å². The molecule has 4 nitrogen and oxygen atoms in total. The van der Waals surface area contributed by atoms with Crippen molar-refractivity contribution in [2.24, 2.45) is 0 Å². The molecule has 4 heteroatoms. The van der Waals surface area contributed by atoms with Crippen LogP contribution in [0.2, 0.25) is 0 Å². The molecule has 16 heavy (non-hydrogen) atoms. The van der Waals surface area contributed by atoms with Crippen molar-refractivity contribution in [1.29, 1.82) is 0 Å². The van der Waals surface area contributed by atoms with E-state index in [9.17, 15) is 0 Å². The van der Waals surface area contributed by atoms with Crippen molar-refractivity contribution in [3.63, 3.8) is 0 Å². The Bertz CT molecular complexity index is 287. The fourth-order valence-corrected chi connectivity index (χ4v) is 1.36. The molecule has 0 spiro atoms. The smallest absolute Gasteiger partial charge is 0.118 e. The third kappa shape index (κ3) is 4.61. The molecule has 0 saturated heterocycles. The number of rotatable bonds is 7. The van der Waals surface area contributed by atoms with Crippen LogP contribution in [-0.2, 0) is 6.42 Å². The fourth-order valence-electron chi connectivity index (χ4n) is 1.36. The summed E-state index contributed by atoms with van der Waals surface area (Å²) in [5.41, 5.74) is 1.21. The first-order chi connectivity index (χ1) is 7.76. The van der Waals surface area contributed by atoms with Crippen LogP contribution in [0.3, 0.4) is 0 Å². The highest BCUT2D eigenvalue weighted by molar-refractivity contribution is 5.27. The number of benzene rings is 1. The SMILES string of the molecule is COc1ccc(CCNC[C@H](O)CO)cc1. The summed E-state index contributed by atoms with van der Waals surface area (Å²) < 4.78 is 5.06. The van der Waals surface area contributed by atoms with E-state index < -0.39 is 6.10 Å². The third-order valence-electron chi connectivity index (χ3n) is 2.34. The lowest BCUT2D eigenvalue weighted by Gasteiger charge is -2.08. The largest absolute Gasteiger partial charge is 0.497 e. The van der Waals surface area contributed by atoms with Crippen molar-refractivity contribution in [1.82, 2.24) is 5.32 Å². The Balaban J connectivity index is 2.21.